The molecule has 25 heavy (non-hydrogen) atoms. The molecule has 1 aliphatic rings. The third-order valence-electron chi connectivity index (χ3n) is 3.94. The maximum Gasteiger partial charge on any atom is 0.206 e. The molecule has 2 aromatic carbocycles. The summed E-state index contributed by atoms with van der Waals surface area (Å²) in [5.74, 6) is 0.618. The van der Waals surface area contributed by atoms with E-state index in [1.807, 2.05) is 19.9 Å². The van der Waals surface area contributed by atoms with Crippen molar-refractivity contribution in [3.63, 3.8) is 0 Å². The molecule has 1 heterocycles. The van der Waals surface area contributed by atoms with Gasteiger partial charge in [0, 0.05) is 18.2 Å². The van der Waals surface area contributed by atoms with Gasteiger partial charge in [0.15, 0.2) is 0 Å². The Morgan fingerprint density at radius 2 is 1.76 bits per heavy atom. The molecule has 2 aromatic rings. The number of hydrogen-bond acceptors (Lipinski definition) is 4. The number of nitrogens with one attached hydrogen (secondary N) is 1. The number of thiocarbonyl (C=S) groups is 1. The summed E-state index contributed by atoms with van der Waals surface area (Å²) in [6.07, 6.45) is 1.91. The third kappa shape index (κ3) is 3.32. The SMILES string of the molecule is CNC(=S)C1=CC(C)(C)Oc2ccc(S(=O)(=O)c3ccccc3)cc21. The fourth-order valence-electron chi connectivity index (χ4n) is 2.77. The van der Waals surface area contributed by atoms with Crippen molar-refractivity contribution < 1.29 is 13.2 Å². The molecule has 0 saturated carbocycles. The number of fused-ring (bicyclic) bond motifs is 1. The van der Waals surface area contributed by atoms with Crippen LogP contribution >= 0.6 is 12.2 Å². The van der Waals surface area contributed by atoms with E-state index < -0.39 is 15.4 Å². The van der Waals surface area contributed by atoms with Crippen LogP contribution in [-0.2, 0) is 9.84 Å². The number of hydrogen-bond donors (Lipinski definition) is 1. The molecule has 0 aromatic heterocycles. The van der Waals surface area contributed by atoms with E-state index >= 15 is 0 Å². The Labute approximate surface area is 153 Å². The summed E-state index contributed by atoms with van der Waals surface area (Å²) in [4.78, 5) is 1.02. The number of sulfone groups is 1. The molecule has 3 rings (SSSR count). The molecule has 0 aliphatic carbocycles. The Morgan fingerprint density at radius 3 is 2.40 bits per heavy atom. The molecule has 6 heteroatoms. The second kappa shape index (κ2) is 6.28. The summed E-state index contributed by atoms with van der Waals surface area (Å²) < 4.78 is 31.7. The van der Waals surface area contributed by atoms with Crippen LogP contribution in [0.4, 0.5) is 0 Å². The van der Waals surface area contributed by atoms with Crippen LogP contribution in [-0.4, -0.2) is 26.1 Å². The molecule has 0 amide bonds. The number of benzene rings is 2. The smallest absolute Gasteiger partial charge is 0.206 e. The molecule has 0 radical (unpaired) electrons. The molecule has 0 unspecified atom stereocenters. The normalized spacial score (nSPS) is 15.6. The van der Waals surface area contributed by atoms with Crippen LogP contribution in [0.15, 0.2) is 64.4 Å². The average Bonchev–Trinajstić information content (AvgIpc) is 2.60. The van der Waals surface area contributed by atoms with Gasteiger partial charge in [-0.2, -0.15) is 0 Å². The summed E-state index contributed by atoms with van der Waals surface area (Å²) in [5.41, 5.74) is 0.924. The van der Waals surface area contributed by atoms with Gasteiger partial charge in [-0.05, 0) is 50.3 Å². The standard InChI is InChI=1S/C19H19NO3S2/c1-19(2)12-16(18(24)20-3)15-11-14(9-10-17(15)23-19)25(21,22)13-7-5-4-6-8-13/h4-12H,1-3H3,(H,20,24). The predicted octanol–water partition coefficient (Wildman–Crippen LogP) is 3.62. The first-order valence-corrected chi connectivity index (χ1v) is 9.72. The summed E-state index contributed by atoms with van der Waals surface area (Å²) in [6, 6.07) is 13.3. The first-order chi connectivity index (χ1) is 11.7. The molecule has 0 spiro atoms. The van der Waals surface area contributed by atoms with E-state index in [1.165, 1.54) is 0 Å². The Balaban J connectivity index is 2.16. The minimum absolute atomic E-state index is 0.213. The lowest BCUT2D eigenvalue weighted by atomic mass is 9.94. The van der Waals surface area contributed by atoms with Gasteiger partial charge in [0.05, 0.1) is 9.79 Å². The molecule has 0 saturated heterocycles. The maximum absolute atomic E-state index is 12.9. The van der Waals surface area contributed by atoms with Gasteiger partial charge in [-0.25, -0.2) is 8.42 Å². The van der Waals surface area contributed by atoms with Gasteiger partial charge < -0.3 is 10.1 Å². The quantitative estimate of drug-likeness (QED) is 0.833. The largest absolute Gasteiger partial charge is 0.483 e. The van der Waals surface area contributed by atoms with Gasteiger partial charge in [0.1, 0.15) is 16.3 Å². The Morgan fingerprint density at radius 1 is 1.08 bits per heavy atom. The summed E-state index contributed by atoms with van der Waals surface area (Å²) in [5, 5.41) is 2.96. The molecule has 1 N–H and O–H groups in total. The molecular formula is C19H19NO3S2. The predicted molar refractivity (Wildman–Crippen MR) is 103 cm³/mol. The van der Waals surface area contributed by atoms with Gasteiger partial charge in [-0.15, -0.1) is 0 Å². The highest BCUT2D eigenvalue weighted by Crippen LogP contribution is 2.38. The van der Waals surface area contributed by atoms with Crippen LogP contribution < -0.4 is 10.1 Å². The van der Waals surface area contributed by atoms with Crippen molar-refractivity contribution in [3.8, 4) is 5.75 Å². The van der Waals surface area contributed by atoms with E-state index in [2.05, 4.69) is 5.32 Å². The number of rotatable bonds is 3. The van der Waals surface area contributed by atoms with E-state index in [1.54, 1.807) is 55.6 Å². The van der Waals surface area contributed by atoms with Crippen molar-refractivity contribution >= 4 is 32.6 Å². The van der Waals surface area contributed by atoms with Gasteiger partial charge >= 0.3 is 0 Å². The van der Waals surface area contributed by atoms with Crippen LogP contribution in [0.1, 0.15) is 19.4 Å². The van der Waals surface area contributed by atoms with Crippen molar-refractivity contribution in [1.29, 1.82) is 0 Å². The Hall–Kier alpha value is -2.18. The van der Waals surface area contributed by atoms with E-state index in [9.17, 15) is 8.42 Å². The minimum Gasteiger partial charge on any atom is -0.483 e. The maximum atomic E-state index is 12.9. The van der Waals surface area contributed by atoms with Crippen molar-refractivity contribution in [2.45, 2.75) is 29.2 Å². The highest BCUT2D eigenvalue weighted by atomic mass is 32.2. The second-order valence-electron chi connectivity index (χ2n) is 6.32. The van der Waals surface area contributed by atoms with Crippen molar-refractivity contribution in [3.05, 3.63) is 60.2 Å². The molecule has 130 valence electrons. The second-order valence-corrected chi connectivity index (χ2v) is 8.68. The fraction of sp³-hybridized carbons (Fsp3) is 0.211. The van der Waals surface area contributed by atoms with E-state index in [0.717, 1.165) is 5.57 Å². The zero-order chi connectivity index (χ0) is 18.2. The van der Waals surface area contributed by atoms with Crippen LogP contribution in [0.25, 0.3) is 5.57 Å². The van der Waals surface area contributed by atoms with Gasteiger partial charge in [0.25, 0.3) is 0 Å². The number of ether oxygens (including phenoxy) is 1. The Kier molecular flexibility index (Phi) is 4.43. The lowest BCUT2D eigenvalue weighted by molar-refractivity contribution is 0.158. The van der Waals surface area contributed by atoms with Gasteiger partial charge in [-0.1, -0.05) is 30.4 Å². The summed E-state index contributed by atoms with van der Waals surface area (Å²) in [6.45, 7) is 3.87. The van der Waals surface area contributed by atoms with Gasteiger partial charge in [-0.3, -0.25) is 0 Å². The highest BCUT2D eigenvalue weighted by molar-refractivity contribution is 7.91. The number of likely N-dealkylation sites (N-methyl/N-ethyl adjacent to an activating group) is 1. The zero-order valence-corrected chi connectivity index (χ0v) is 15.9. The van der Waals surface area contributed by atoms with Crippen molar-refractivity contribution in [1.82, 2.24) is 5.32 Å². The van der Waals surface area contributed by atoms with Crippen LogP contribution in [0, 0.1) is 0 Å². The Bertz CT molecular complexity index is 961. The van der Waals surface area contributed by atoms with E-state index in [4.69, 9.17) is 17.0 Å². The minimum atomic E-state index is -3.60. The van der Waals surface area contributed by atoms with Gasteiger partial charge in [0.2, 0.25) is 9.84 Å². The third-order valence-corrected chi connectivity index (χ3v) is 6.13. The van der Waals surface area contributed by atoms with E-state index in [0.29, 0.717) is 16.3 Å². The molecule has 0 atom stereocenters. The molecule has 0 fully saturated rings. The first-order valence-electron chi connectivity index (χ1n) is 7.83. The fourth-order valence-corrected chi connectivity index (χ4v) is 4.25. The topological polar surface area (TPSA) is 55.4 Å². The van der Waals surface area contributed by atoms with Crippen LogP contribution in [0.5, 0.6) is 5.75 Å². The van der Waals surface area contributed by atoms with Crippen molar-refractivity contribution in [2.24, 2.45) is 0 Å². The van der Waals surface area contributed by atoms with Crippen LogP contribution in [0.3, 0.4) is 0 Å². The summed E-state index contributed by atoms with van der Waals surface area (Å²) >= 11 is 5.40. The average molecular weight is 373 g/mol. The highest BCUT2D eigenvalue weighted by Gasteiger charge is 2.29. The van der Waals surface area contributed by atoms with Crippen LogP contribution in [0.2, 0.25) is 0 Å². The first kappa shape index (κ1) is 17.6. The van der Waals surface area contributed by atoms with E-state index in [-0.39, 0.29) is 9.79 Å². The lowest BCUT2D eigenvalue weighted by Crippen LogP contribution is -2.32. The summed E-state index contributed by atoms with van der Waals surface area (Å²) in [7, 11) is -1.86. The molecule has 1 aliphatic heterocycles. The monoisotopic (exact) mass is 373 g/mol. The molecule has 0 bridgehead atoms. The van der Waals surface area contributed by atoms with Crippen molar-refractivity contribution in [2.75, 3.05) is 7.05 Å². The lowest BCUT2D eigenvalue weighted by Gasteiger charge is -2.31. The zero-order valence-electron chi connectivity index (χ0n) is 14.2. The molecular weight excluding hydrogens is 354 g/mol. The molecule has 4 nitrogen and oxygen atoms in total.